The molecule has 168 valence electrons. The van der Waals surface area contributed by atoms with Crippen molar-refractivity contribution >= 4 is 29.3 Å². The van der Waals surface area contributed by atoms with Crippen molar-refractivity contribution < 1.29 is 19.1 Å². The molecule has 0 radical (unpaired) electrons. The Morgan fingerprint density at radius 1 is 1.03 bits per heavy atom. The topological polar surface area (TPSA) is 72.5 Å². The molecule has 0 aliphatic rings. The van der Waals surface area contributed by atoms with E-state index >= 15 is 0 Å². The first-order valence-corrected chi connectivity index (χ1v) is 11.5. The van der Waals surface area contributed by atoms with Gasteiger partial charge in [-0.15, -0.1) is 0 Å². The van der Waals surface area contributed by atoms with Crippen LogP contribution in [-0.2, 0) is 20.7 Å². The van der Waals surface area contributed by atoms with Crippen LogP contribution in [-0.4, -0.2) is 30.3 Å². The highest BCUT2D eigenvalue weighted by molar-refractivity contribution is 6.30. The molecule has 0 unspecified atom stereocenters. The van der Waals surface area contributed by atoms with Gasteiger partial charge in [0.05, 0.1) is 0 Å². The van der Waals surface area contributed by atoms with Gasteiger partial charge in [-0.25, -0.2) is 0 Å². The van der Waals surface area contributed by atoms with E-state index < -0.39 is 0 Å². The minimum Gasteiger partial charge on any atom is -0.462 e. The predicted molar refractivity (Wildman–Crippen MR) is 121 cm³/mol. The lowest BCUT2D eigenvalue weighted by Crippen LogP contribution is -2.21. The number of Topliss-reactive ketones (excluding diaryl/α,β-unsaturated/α-hetero) is 1. The van der Waals surface area contributed by atoms with Crippen LogP contribution in [0.2, 0.25) is 5.02 Å². The SMILES string of the molecule is CCCCC(CCCC)OC(=O)CCc1cc(Cl)ccc1C(=O)CCCNC(C)=O. The van der Waals surface area contributed by atoms with Crippen molar-refractivity contribution in [2.75, 3.05) is 6.54 Å². The number of hydrogen-bond acceptors (Lipinski definition) is 4. The average Bonchev–Trinajstić information content (AvgIpc) is 2.71. The van der Waals surface area contributed by atoms with E-state index in [9.17, 15) is 14.4 Å². The second kappa shape index (κ2) is 15.0. The highest BCUT2D eigenvalue weighted by atomic mass is 35.5. The average molecular weight is 438 g/mol. The van der Waals surface area contributed by atoms with Crippen molar-refractivity contribution in [2.45, 2.75) is 91.1 Å². The summed E-state index contributed by atoms with van der Waals surface area (Å²) in [4.78, 5) is 36.0. The number of halogens is 1. The first kappa shape index (κ1) is 26.2. The van der Waals surface area contributed by atoms with Gasteiger partial charge in [0.15, 0.2) is 5.78 Å². The van der Waals surface area contributed by atoms with E-state index in [1.807, 2.05) is 0 Å². The molecular formula is C24H36ClNO4. The van der Waals surface area contributed by atoms with Gasteiger partial charge in [0.1, 0.15) is 6.10 Å². The molecule has 0 saturated heterocycles. The van der Waals surface area contributed by atoms with Crippen LogP contribution in [0.5, 0.6) is 0 Å². The molecule has 5 nitrogen and oxygen atoms in total. The molecule has 1 N–H and O–H groups in total. The monoisotopic (exact) mass is 437 g/mol. The van der Waals surface area contributed by atoms with Gasteiger partial charge >= 0.3 is 5.97 Å². The van der Waals surface area contributed by atoms with E-state index in [1.54, 1.807) is 18.2 Å². The number of amides is 1. The quantitative estimate of drug-likeness (QED) is 0.218. The second-order valence-electron chi connectivity index (χ2n) is 7.71. The van der Waals surface area contributed by atoms with Gasteiger partial charge < -0.3 is 10.1 Å². The lowest BCUT2D eigenvalue weighted by Gasteiger charge is -2.18. The molecule has 0 fully saturated rings. The summed E-state index contributed by atoms with van der Waals surface area (Å²) in [5.41, 5.74) is 1.35. The molecule has 1 rings (SSSR count). The summed E-state index contributed by atoms with van der Waals surface area (Å²) in [6, 6.07) is 5.16. The summed E-state index contributed by atoms with van der Waals surface area (Å²) in [7, 11) is 0. The zero-order chi connectivity index (χ0) is 22.4. The molecule has 1 aromatic rings. The molecule has 1 amide bonds. The number of carbonyl (C=O) groups excluding carboxylic acids is 3. The number of unbranched alkanes of at least 4 members (excludes halogenated alkanes) is 2. The zero-order valence-electron chi connectivity index (χ0n) is 18.6. The number of carbonyl (C=O) groups is 3. The van der Waals surface area contributed by atoms with Gasteiger partial charge in [-0.2, -0.15) is 0 Å². The van der Waals surface area contributed by atoms with Gasteiger partial charge in [-0.05, 0) is 49.4 Å². The van der Waals surface area contributed by atoms with Gasteiger partial charge in [-0.1, -0.05) is 51.1 Å². The van der Waals surface area contributed by atoms with Crippen molar-refractivity contribution in [3.05, 3.63) is 34.3 Å². The Labute approximate surface area is 185 Å². The number of ether oxygens (including phenoxy) is 1. The first-order valence-electron chi connectivity index (χ1n) is 11.1. The van der Waals surface area contributed by atoms with E-state index in [-0.39, 0.29) is 30.2 Å². The van der Waals surface area contributed by atoms with Gasteiger partial charge in [0.25, 0.3) is 0 Å². The highest BCUT2D eigenvalue weighted by Gasteiger charge is 2.17. The molecular weight excluding hydrogens is 402 g/mol. The van der Waals surface area contributed by atoms with Crippen LogP contribution in [0, 0.1) is 0 Å². The minimum absolute atomic E-state index is 0.0100. The Balaban J connectivity index is 2.66. The number of esters is 1. The number of rotatable bonds is 15. The largest absolute Gasteiger partial charge is 0.462 e. The third kappa shape index (κ3) is 10.8. The summed E-state index contributed by atoms with van der Waals surface area (Å²) in [5.74, 6) is -0.343. The van der Waals surface area contributed by atoms with E-state index in [0.29, 0.717) is 36.4 Å². The Hall–Kier alpha value is -1.88. The summed E-state index contributed by atoms with van der Waals surface area (Å²) in [6.45, 7) is 6.18. The Morgan fingerprint density at radius 2 is 1.70 bits per heavy atom. The summed E-state index contributed by atoms with van der Waals surface area (Å²) in [6.07, 6.45) is 7.57. The maximum absolute atomic E-state index is 12.6. The highest BCUT2D eigenvalue weighted by Crippen LogP contribution is 2.21. The second-order valence-corrected chi connectivity index (χ2v) is 8.14. The maximum atomic E-state index is 12.6. The van der Waals surface area contributed by atoms with Crippen molar-refractivity contribution in [1.29, 1.82) is 0 Å². The molecule has 6 heteroatoms. The molecule has 0 spiro atoms. The fourth-order valence-electron chi connectivity index (χ4n) is 3.30. The predicted octanol–water partition coefficient (Wildman–Crippen LogP) is 5.66. The molecule has 30 heavy (non-hydrogen) atoms. The summed E-state index contributed by atoms with van der Waals surface area (Å²) in [5, 5.41) is 3.23. The van der Waals surface area contributed by atoms with Crippen LogP contribution in [0.15, 0.2) is 18.2 Å². The number of aryl methyl sites for hydroxylation is 1. The van der Waals surface area contributed by atoms with Crippen molar-refractivity contribution in [1.82, 2.24) is 5.32 Å². The smallest absolute Gasteiger partial charge is 0.306 e. The molecule has 0 bridgehead atoms. The molecule has 0 aromatic heterocycles. The van der Waals surface area contributed by atoms with Gasteiger partial charge in [-0.3, -0.25) is 14.4 Å². The van der Waals surface area contributed by atoms with Crippen molar-refractivity contribution in [2.24, 2.45) is 0 Å². The van der Waals surface area contributed by atoms with Gasteiger partial charge in [0, 0.05) is 36.9 Å². The number of nitrogens with one attached hydrogen (secondary N) is 1. The number of hydrogen-bond donors (Lipinski definition) is 1. The third-order valence-electron chi connectivity index (χ3n) is 4.98. The molecule has 0 aliphatic heterocycles. The van der Waals surface area contributed by atoms with E-state index in [0.717, 1.165) is 44.1 Å². The molecule has 0 saturated carbocycles. The Kier molecular flexibility index (Phi) is 13.1. The van der Waals surface area contributed by atoms with Gasteiger partial charge in [0.2, 0.25) is 5.91 Å². The van der Waals surface area contributed by atoms with E-state index in [1.165, 1.54) is 6.92 Å². The lowest BCUT2D eigenvalue weighted by atomic mass is 9.97. The third-order valence-corrected chi connectivity index (χ3v) is 5.21. The van der Waals surface area contributed by atoms with Crippen molar-refractivity contribution in [3.63, 3.8) is 0 Å². The standard InChI is InChI=1S/C24H36ClNO4/c1-4-6-9-21(10-7-5-2)30-24(29)15-12-19-17-20(25)13-14-22(19)23(28)11-8-16-26-18(3)27/h13-14,17,21H,4-12,15-16H2,1-3H3,(H,26,27). The van der Waals surface area contributed by atoms with Crippen LogP contribution >= 0.6 is 11.6 Å². The Morgan fingerprint density at radius 3 is 2.30 bits per heavy atom. The van der Waals surface area contributed by atoms with E-state index in [4.69, 9.17) is 16.3 Å². The first-order chi connectivity index (χ1) is 14.4. The normalized spacial score (nSPS) is 10.8. The number of benzene rings is 1. The molecule has 0 aliphatic carbocycles. The molecule has 1 aromatic carbocycles. The fraction of sp³-hybridized carbons (Fsp3) is 0.625. The summed E-state index contributed by atoms with van der Waals surface area (Å²) >= 11 is 6.12. The lowest BCUT2D eigenvalue weighted by molar-refractivity contribution is -0.149. The molecule has 0 atom stereocenters. The van der Waals surface area contributed by atoms with Crippen LogP contribution < -0.4 is 5.32 Å². The minimum atomic E-state index is -0.226. The zero-order valence-corrected chi connectivity index (χ0v) is 19.4. The van der Waals surface area contributed by atoms with Crippen molar-refractivity contribution in [3.8, 4) is 0 Å². The fourth-order valence-corrected chi connectivity index (χ4v) is 3.49. The van der Waals surface area contributed by atoms with Crippen LogP contribution in [0.3, 0.4) is 0 Å². The van der Waals surface area contributed by atoms with E-state index in [2.05, 4.69) is 19.2 Å². The van der Waals surface area contributed by atoms with Crippen LogP contribution in [0.1, 0.15) is 94.5 Å². The molecule has 0 heterocycles. The van der Waals surface area contributed by atoms with Crippen LogP contribution in [0.4, 0.5) is 0 Å². The number of ketones is 1. The Bertz CT molecular complexity index is 682. The maximum Gasteiger partial charge on any atom is 0.306 e. The van der Waals surface area contributed by atoms with Crippen LogP contribution in [0.25, 0.3) is 0 Å². The summed E-state index contributed by atoms with van der Waals surface area (Å²) < 4.78 is 5.71.